The quantitative estimate of drug-likeness (QED) is 0.786. The average molecular weight is 207 g/mol. The van der Waals surface area contributed by atoms with Crippen molar-refractivity contribution >= 4 is 11.6 Å². The monoisotopic (exact) mass is 207 g/mol. The van der Waals surface area contributed by atoms with Gasteiger partial charge >= 0.3 is 5.97 Å². The van der Waals surface area contributed by atoms with Crippen LogP contribution in [0.25, 0.3) is 5.65 Å². The van der Waals surface area contributed by atoms with Gasteiger partial charge in [0.2, 0.25) is 5.65 Å². The van der Waals surface area contributed by atoms with Gasteiger partial charge in [0.1, 0.15) is 5.82 Å². The third-order valence-corrected chi connectivity index (χ3v) is 2.11. The van der Waals surface area contributed by atoms with Gasteiger partial charge in [0, 0.05) is 12.3 Å². The van der Waals surface area contributed by atoms with Crippen molar-refractivity contribution in [2.45, 2.75) is 6.92 Å². The smallest absolute Gasteiger partial charge is 0.337 e. The zero-order valence-corrected chi connectivity index (χ0v) is 8.26. The summed E-state index contributed by atoms with van der Waals surface area (Å²) in [5.74, 6) is 0.00481. The van der Waals surface area contributed by atoms with Gasteiger partial charge in [-0.15, -0.1) is 10.2 Å². The molecule has 0 saturated heterocycles. The zero-order chi connectivity index (χ0) is 11.0. The Morgan fingerprint density at radius 3 is 2.87 bits per heavy atom. The fourth-order valence-electron chi connectivity index (χ4n) is 1.34. The summed E-state index contributed by atoms with van der Waals surface area (Å²) in [5.41, 5.74) is 0.655. The maximum absolute atomic E-state index is 10.8. The van der Waals surface area contributed by atoms with E-state index in [1.54, 1.807) is 11.3 Å². The van der Waals surface area contributed by atoms with Crippen molar-refractivity contribution in [3.8, 4) is 5.75 Å². The lowest BCUT2D eigenvalue weighted by Crippen LogP contribution is -2.01. The highest BCUT2D eigenvalue weighted by Crippen LogP contribution is 2.20. The van der Waals surface area contributed by atoms with Crippen LogP contribution in [0.5, 0.6) is 5.75 Å². The number of aromatic carboxylic acids is 1. The Kier molecular flexibility index (Phi) is 2.03. The first-order valence-electron chi connectivity index (χ1n) is 4.26. The summed E-state index contributed by atoms with van der Waals surface area (Å²) in [5, 5.41) is 16.6. The molecule has 0 saturated carbocycles. The van der Waals surface area contributed by atoms with E-state index in [9.17, 15) is 4.79 Å². The molecule has 1 N–H and O–H groups in total. The van der Waals surface area contributed by atoms with Crippen LogP contribution in [-0.2, 0) is 0 Å². The molecule has 15 heavy (non-hydrogen) atoms. The van der Waals surface area contributed by atoms with Crippen LogP contribution in [0.4, 0.5) is 0 Å². The fourth-order valence-corrected chi connectivity index (χ4v) is 1.34. The molecule has 6 nitrogen and oxygen atoms in total. The first kappa shape index (κ1) is 9.45. The highest BCUT2D eigenvalue weighted by molar-refractivity contribution is 5.88. The second-order valence-corrected chi connectivity index (χ2v) is 3.04. The molecule has 2 aromatic heterocycles. The predicted molar refractivity (Wildman–Crippen MR) is 51.2 cm³/mol. The van der Waals surface area contributed by atoms with E-state index < -0.39 is 5.97 Å². The summed E-state index contributed by atoms with van der Waals surface area (Å²) in [4.78, 5) is 10.8. The van der Waals surface area contributed by atoms with E-state index in [0.717, 1.165) is 0 Å². The van der Waals surface area contributed by atoms with Gasteiger partial charge in [0.25, 0.3) is 0 Å². The van der Waals surface area contributed by atoms with Crippen molar-refractivity contribution in [2.24, 2.45) is 0 Å². The minimum absolute atomic E-state index is 0.141. The maximum atomic E-state index is 10.8. The lowest BCUT2D eigenvalue weighted by atomic mass is 10.2. The number of carboxylic acid groups (broad SMARTS) is 1. The fraction of sp³-hybridized carbons (Fsp3) is 0.222. The van der Waals surface area contributed by atoms with Crippen molar-refractivity contribution in [1.29, 1.82) is 0 Å². The van der Waals surface area contributed by atoms with Crippen molar-refractivity contribution < 1.29 is 14.6 Å². The summed E-state index contributed by atoms with van der Waals surface area (Å²) in [6.45, 7) is 1.74. The average Bonchev–Trinajstić information content (AvgIpc) is 2.59. The molecule has 2 heterocycles. The predicted octanol–water partition coefficient (Wildman–Crippen LogP) is 0.745. The summed E-state index contributed by atoms with van der Waals surface area (Å²) < 4.78 is 6.63. The Labute approximate surface area is 85.1 Å². The van der Waals surface area contributed by atoms with Gasteiger partial charge in [-0.3, -0.25) is 4.40 Å². The van der Waals surface area contributed by atoms with E-state index in [2.05, 4.69) is 10.2 Å². The van der Waals surface area contributed by atoms with Crippen LogP contribution in [0.1, 0.15) is 16.2 Å². The number of ether oxygens (including phenoxy) is 1. The molecular formula is C9H9N3O3. The molecule has 0 atom stereocenters. The van der Waals surface area contributed by atoms with Crippen molar-refractivity contribution in [3.63, 3.8) is 0 Å². The van der Waals surface area contributed by atoms with Gasteiger partial charge in [0.15, 0.2) is 5.75 Å². The van der Waals surface area contributed by atoms with E-state index in [0.29, 0.717) is 17.2 Å². The maximum Gasteiger partial charge on any atom is 0.337 e. The number of rotatable bonds is 2. The number of hydrogen-bond acceptors (Lipinski definition) is 4. The summed E-state index contributed by atoms with van der Waals surface area (Å²) in [7, 11) is 1.46. The third kappa shape index (κ3) is 1.39. The van der Waals surface area contributed by atoms with E-state index in [-0.39, 0.29) is 5.56 Å². The first-order valence-corrected chi connectivity index (χ1v) is 4.26. The minimum atomic E-state index is -1.01. The van der Waals surface area contributed by atoms with Crippen LogP contribution in [0.3, 0.4) is 0 Å². The van der Waals surface area contributed by atoms with Gasteiger partial charge < -0.3 is 9.84 Å². The molecule has 0 aliphatic carbocycles. The van der Waals surface area contributed by atoms with Gasteiger partial charge in [-0.25, -0.2) is 4.79 Å². The second kappa shape index (κ2) is 3.23. The lowest BCUT2D eigenvalue weighted by Gasteiger charge is -2.03. The molecule has 0 amide bonds. The topological polar surface area (TPSA) is 76.7 Å². The van der Waals surface area contributed by atoms with Crippen LogP contribution >= 0.6 is 0 Å². The lowest BCUT2D eigenvalue weighted by molar-refractivity contribution is 0.0696. The molecule has 2 aromatic rings. The molecule has 6 heteroatoms. The Hall–Kier alpha value is -2.11. The van der Waals surface area contributed by atoms with E-state index in [1.807, 2.05) is 0 Å². The van der Waals surface area contributed by atoms with Crippen LogP contribution in [0, 0.1) is 6.92 Å². The molecular weight excluding hydrogens is 198 g/mol. The molecule has 0 fully saturated rings. The summed E-state index contributed by atoms with van der Waals surface area (Å²) >= 11 is 0. The number of carbonyl (C=O) groups is 1. The number of aromatic nitrogens is 3. The van der Waals surface area contributed by atoms with E-state index >= 15 is 0 Å². The Morgan fingerprint density at radius 1 is 1.53 bits per heavy atom. The number of pyridine rings is 1. The molecule has 0 unspecified atom stereocenters. The normalized spacial score (nSPS) is 10.5. The highest BCUT2D eigenvalue weighted by atomic mass is 16.5. The number of hydrogen-bond donors (Lipinski definition) is 1. The molecule has 0 aliphatic rings. The van der Waals surface area contributed by atoms with Crippen LogP contribution < -0.4 is 4.74 Å². The van der Waals surface area contributed by atoms with Gasteiger partial charge in [-0.05, 0) is 6.92 Å². The van der Waals surface area contributed by atoms with Crippen LogP contribution in [0.15, 0.2) is 12.3 Å². The molecule has 78 valence electrons. The number of methoxy groups -OCH3 is 1. The first-order chi connectivity index (χ1) is 7.13. The molecule has 2 rings (SSSR count). The zero-order valence-electron chi connectivity index (χ0n) is 8.26. The highest BCUT2D eigenvalue weighted by Gasteiger charge is 2.12. The van der Waals surface area contributed by atoms with Crippen LogP contribution in [-0.4, -0.2) is 32.8 Å². The number of fused-ring (bicyclic) bond motifs is 1. The van der Waals surface area contributed by atoms with E-state index in [1.165, 1.54) is 19.4 Å². The van der Waals surface area contributed by atoms with Gasteiger partial charge in [-0.2, -0.15) is 0 Å². The van der Waals surface area contributed by atoms with Crippen molar-refractivity contribution in [2.75, 3.05) is 7.11 Å². The summed E-state index contributed by atoms with van der Waals surface area (Å²) in [6, 6.07) is 1.42. The third-order valence-electron chi connectivity index (χ3n) is 2.11. The number of aryl methyl sites for hydroxylation is 1. The Morgan fingerprint density at radius 2 is 2.27 bits per heavy atom. The van der Waals surface area contributed by atoms with Gasteiger partial charge in [-0.1, -0.05) is 0 Å². The van der Waals surface area contributed by atoms with Crippen LogP contribution in [0.2, 0.25) is 0 Å². The minimum Gasteiger partial charge on any atom is -0.493 e. The van der Waals surface area contributed by atoms with Crippen molar-refractivity contribution in [1.82, 2.24) is 14.6 Å². The molecule has 0 bridgehead atoms. The number of carboxylic acids is 1. The SMILES string of the molecule is COc1cc(C(=O)O)cn2c(C)nnc12. The Bertz CT molecular complexity index is 533. The second-order valence-electron chi connectivity index (χ2n) is 3.04. The van der Waals surface area contributed by atoms with Gasteiger partial charge in [0.05, 0.1) is 12.7 Å². The molecule has 0 spiro atoms. The summed E-state index contributed by atoms with van der Waals surface area (Å²) in [6.07, 6.45) is 1.47. The standard InChI is InChI=1S/C9H9N3O3/c1-5-10-11-8-7(15-2)3-6(9(13)14)4-12(5)8/h3-4H,1-2H3,(H,13,14). The van der Waals surface area contributed by atoms with E-state index in [4.69, 9.17) is 9.84 Å². The number of nitrogens with zero attached hydrogens (tertiary/aromatic N) is 3. The molecule has 0 radical (unpaired) electrons. The molecule has 0 aromatic carbocycles. The largest absolute Gasteiger partial charge is 0.493 e. The van der Waals surface area contributed by atoms with Crippen molar-refractivity contribution in [3.05, 3.63) is 23.7 Å². The molecule has 0 aliphatic heterocycles. The Balaban J connectivity index is 2.79.